The summed E-state index contributed by atoms with van der Waals surface area (Å²) >= 11 is 1.73. The molecule has 1 aliphatic rings. The van der Waals surface area contributed by atoms with Crippen LogP contribution in [0.4, 0.5) is 0 Å². The normalized spacial score (nSPS) is 20.3. The minimum atomic E-state index is -0.713. The van der Waals surface area contributed by atoms with E-state index in [1.807, 2.05) is 18.7 Å². The molecule has 1 fully saturated rings. The van der Waals surface area contributed by atoms with Crippen LogP contribution in [0.3, 0.4) is 0 Å². The third-order valence-electron chi connectivity index (χ3n) is 3.87. The number of amides is 1. The fraction of sp³-hybridized carbons (Fsp3) is 0.643. The zero-order chi connectivity index (χ0) is 13.9. The first-order valence-corrected chi connectivity index (χ1v) is 7.79. The van der Waals surface area contributed by atoms with Gasteiger partial charge in [-0.25, -0.2) is 0 Å². The van der Waals surface area contributed by atoms with Gasteiger partial charge in [0, 0.05) is 32.7 Å². The summed E-state index contributed by atoms with van der Waals surface area (Å²) in [4.78, 5) is 16.6. The van der Waals surface area contributed by atoms with Crippen molar-refractivity contribution in [2.24, 2.45) is 5.73 Å². The molecule has 0 radical (unpaired) electrons. The Morgan fingerprint density at radius 2 is 2.11 bits per heavy atom. The van der Waals surface area contributed by atoms with Crippen molar-refractivity contribution in [3.63, 3.8) is 0 Å². The van der Waals surface area contributed by atoms with Gasteiger partial charge in [-0.3, -0.25) is 9.69 Å². The number of hydrogen-bond acceptors (Lipinski definition) is 4. The summed E-state index contributed by atoms with van der Waals surface area (Å²) in [6.07, 6.45) is 0.681. The first-order valence-electron chi connectivity index (χ1n) is 6.84. The molecule has 0 bridgehead atoms. The Balaban J connectivity index is 1.84. The van der Waals surface area contributed by atoms with Crippen molar-refractivity contribution in [2.45, 2.75) is 32.4 Å². The van der Waals surface area contributed by atoms with Gasteiger partial charge in [0.2, 0.25) is 5.91 Å². The van der Waals surface area contributed by atoms with Gasteiger partial charge in [0.25, 0.3) is 0 Å². The number of rotatable bonds is 4. The van der Waals surface area contributed by atoms with E-state index in [0.29, 0.717) is 6.42 Å². The van der Waals surface area contributed by atoms with E-state index >= 15 is 0 Å². The molecular weight excluding hydrogens is 258 g/mol. The van der Waals surface area contributed by atoms with E-state index < -0.39 is 5.54 Å². The van der Waals surface area contributed by atoms with Gasteiger partial charge in [0.1, 0.15) is 0 Å². The number of thiophene rings is 1. The van der Waals surface area contributed by atoms with Crippen molar-refractivity contribution >= 4 is 17.2 Å². The standard InChI is InChI=1S/C14H23N3OS/c1-3-14(2,15)13(18)17-7-5-16(6-8-17)10-12-4-9-19-11-12/h4,9,11H,3,5-8,10,15H2,1-2H3. The molecule has 0 saturated carbocycles. The van der Waals surface area contributed by atoms with Crippen LogP contribution in [0.2, 0.25) is 0 Å². The number of nitrogens with zero attached hydrogens (tertiary/aromatic N) is 2. The predicted molar refractivity (Wildman–Crippen MR) is 79.1 cm³/mol. The molecule has 1 aromatic rings. The number of carbonyl (C=O) groups excluding carboxylic acids is 1. The Bertz CT molecular complexity index is 408. The second kappa shape index (κ2) is 6.03. The lowest BCUT2D eigenvalue weighted by molar-refractivity contribution is -0.138. The summed E-state index contributed by atoms with van der Waals surface area (Å²) in [5.74, 6) is 0.0881. The molecule has 2 rings (SSSR count). The lowest BCUT2D eigenvalue weighted by Crippen LogP contribution is -2.57. The van der Waals surface area contributed by atoms with Crippen molar-refractivity contribution in [3.05, 3.63) is 22.4 Å². The molecule has 0 aromatic carbocycles. The third kappa shape index (κ3) is 3.55. The molecule has 1 unspecified atom stereocenters. The highest BCUT2D eigenvalue weighted by atomic mass is 32.1. The Hall–Kier alpha value is -0.910. The predicted octanol–water partition coefficient (Wildman–Crippen LogP) is 1.52. The fourth-order valence-corrected chi connectivity index (χ4v) is 2.92. The smallest absolute Gasteiger partial charge is 0.242 e. The second-order valence-corrected chi connectivity index (χ2v) is 6.25. The highest BCUT2D eigenvalue weighted by Gasteiger charge is 2.32. The number of nitrogens with two attached hydrogens (primary N) is 1. The molecule has 5 heteroatoms. The molecule has 1 amide bonds. The van der Waals surface area contributed by atoms with Crippen molar-refractivity contribution in [3.8, 4) is 0 Å². The molecule has 0 aliphatic carbocycles. The molecule has 2 heterocycles. The van der Waals surface area contributed by atoms with E-state index in [-0.39, 0.29) is 5.91 Å². The monoisotopic (exact) mass is 281 g/mol. The zero-order valence-corrected chi connectivity index (χ0v) is 12.6. The average Bonchev–Trinajstić information content (AvgIpc) is 2.91. The van der Waals surface area contributed by atoms with Crippen LogP contribution in [0.1, 0.15) is 25.8 Å². The van der Waals surface area contributed by atoms with E-state index in [9.17, 15) is 4.79 Å². The second-order valence-electron chi connectivity index (χ2n) is 5.47. The van der Waals surface area contributed by atoms with Crippen LogP contribution in [0.25, 0.3) is 0 Å². The van der Waals surface area contributed by atoms with E-state index in [1.54, 1.807) is 11.3 Å². The van der Waals surface area contributed by atoms with Crippen LogP contribution in [0.15, 0.2) is 16.8 Å². The Kier molecular flexibility index (Phi) is 4.60. The quantitative estimate of drug-likeness (QED) is 0.910. The van der Waals surface area contributed by atoms with Gasteiger partial charge in [-0.1, -0.05) is 6.92 Å². The summed E-state index contributed by atoms with van der Waals surface area (Å²) in [5, 5.41) is 4.29. The molecule has 2 N–H and O–H groups in total. The van der Waals surface area contributed by atoms with Gasteiger partial charge in [-0.2, -0.15) is 11.3 Å². The number of carbonyl (C=O) groups is 1. The summed E-state index contributed by atoms with van der Waals surface area (Å²) in [5.41, 5.74) is 6.68. The van der Waals surface area contributed by atoms with Crippen molar-refractivity contribution in [1.82, 2.24) is 9.80 Å². The SMILES string of the molecule is CCC(C)(N)C(=O)N1CCN(Cc2ccsc2)CC1. The van der Waals surface area contributed by atoms with Crippen molar-refractivity contribution < 1.29 is 4.79 Å². The molecule has 4 nitrogen and oxygen atoms in total. The van der Waals surface area contributed by atoms with Crippen molar-refractivity contribution in [2.75, 3.05) is 26.2 Å². The molecule has 1 atom stereocenters. The first kappa shape index (κ1) is 14.5. The summed E-state index contributed by atoms with van der Waals surface area (Å²) < 4.78 is 0. The van der Waals surface area contributed by atoms with E-state index in [0.717, 1.165) is 32.7 Å². The Morgan fingerprint density at radius 3 is 2.63 bits per heavy atom. The average molecular weight is 281 g/mol. The molecule has 19 heavy (non-hydrogen) atoms. The minimum Gasteiger partial charge on any atom is -0.339 e. The molecule has 0 spiro atoms. The fourth-order valence-electron chi connectivity index (χ4n) is 2.26. The summed E-state index contributed by atoms with van der Waals surface area (Å²) in [6, 6.07) is 2.16. The highest BCUT2D eigenvalue weighted by Crippen LogP contribution is 2.15. The maximum atomic E-state index is 12.3. The van der Waals surface area contributed by atoms with Crippen LogP contribution in [0, 0.1) is 0 Å². The van der Waals surface area contributed by atoms with Gasteiger partial charge in [0.15, 0.2) is 0 Å². The first-order chi connectivity index (χ1) is 9.03. The lowest BCUT2D eigenvalue weighted by atomic mass is 9.98. The van der Waals surface area contributed by atoms with E-state index in [4.69, 9.17) is 5.73 Å². The number of hydrogen-bond donors (Lipinski definition) is 1. The zero-order valence-electron chi connectivity index (χ0n) is 11.8. The Morgan fingerprint density at radius 1 is 1.42 bits per heavy atom. The maximum Gasteiger partial charge on any atom is 0.242 e. The van der Waals surface area contributed by atoms with Crippen LogP contribution in [-0.2, 0) is 11.3 Å². The van der Waals surface area contributed by atoms with Crippen LogP contribution in [-0.4, -0.2) is 47.4 Å². The third-order valence-corrected chi connectivity index (χ3v) is 4.60. The molecule has 106 valence electrons. The van der Waals surface area contributed by atoms with Gasteiger partial charge in [-0.05, 0) is 35.7 Å². The molecular formula is C14H23N3OS. The molecule has 1 aliphatic heterocycles. The minimum absolute atomic E-state index is 0.0881. The van der Waals surface area contributed by atoms with E-state index in [2.05, 4.69) is 21.7 Å². The maximum absolute atomic E-state index is 12.3. The van der Waals surface area contributed by atoms with Crippen LogP contribution < -0.4 is 5.73 Å². The van der Waals surface area contributed by atoms with Gasteiger partial charge in [-0.15, -0.1) is 0 Å². The van der Waals surface area contributed by atoms with E-state index in [1.165, 1.54) is 5.56 Å². The molecule has 1 aromatic heterocycles. The highest BCUT2D eigenvalue weighted by molar-refractivity contribution is 7.07. The van der Waals surface area contributed by atoms with Crippen LogP contribution in [0.5, 0.6) is 0 Å². The molecule has 1 saturated heterocycles. The van der Waals surface area contributed by atoms with Gasteiger partial charge in [0.05, 0.1) is 5.54 Å². The summed E-state index contributed by atoms with van der Waals surface area (Å²) in [7, 11) is 0. The van der Waals surface area contributed by atoms with Crippen molar-refractivity contribution in [1.29, 1.82) is 0 Å². The largest absolute Gasteiger partial charge is 0.339 e. The van der Waals surface area contributed by atoms with Crippen LogP contribution >= 0.6 is 11.3 Å². The Labute approximate surface area is 119 Å². The summed E-state index contributed by atoms with van der Waals surface area (Å²) in [6.45, 7) is 8.21. The number of piperazine rings is 1. The van der Waals surface area contributed by atoms with Gasteiger partial charge < -0.3 is 10.6 Å². The topological polar surface area (TPSA) is 49.6 Å². The lowest BCUT2D eigenvalue weighted by Gasteiger charge is -2.38. The van der Waals surface area contributed by atoms with Gasteiger partial charge >= 0.3 is 0 Å².